The molecule has 33 heteroatoms. The van der Waals surface area contributed by atoms with Crippen LogP contribution in [0.15, 0.2) is 201 Å². The Labute approximate surface area is 744 Å². The van der Waals surface area contributed by atoms with Crippen LogP contribution in [0.4, 0.5) is 26.3 Å². The SMILES string of the molecule is CC1(c2ccc(Cl)cn2)Oc2cccc(-c3cc(F)c(Cc4nc5ccc(C(=O)O)cc5n4C[C@@H]4CCO4)cc3F)c2O1.CC1(c2ccc(Cl)cn2)Oc2cccc(-c3cc(F)c(Cc4nc5ccc(C(=O)O)cc5n4C[C@@H]4CCO4)cc3F)c2O1.CC1(c2ccc(Cl)cn2)Oc2cccc(-c3cc(F)c(Cc4nc5ccc(C(=O)O)cc5n4C[C@@H]4CCO4)cc3F)c2O1. The summed E-state index contributed by atoms with van der Waals surface area (Å²) in [4.78, 5) is 61.6. The van der Waals surface area contributed by atoms with Crippen LogP contribution in [0.5, 0.6) is 34.5 Å². The Morgan fingerprint density at radius 1 is 0.364 bits per heavy atom. The zero-order chi connectivity index (χ0) is 89.6. The lowest BCUT2D eigenvalue weighted by atomic mass is 10.00. The Bertz CT molecular complexity index is 6380. The largest absolute Gasteiger partial charge is 0.478 e. The standard InChI is InChI=1S/3C32H24ClF2N3O5/c3*1-32(28-8-6-19(33)15-36-28)42-27-4-2-3-21(30(27)43-32)22-14-23(34)18(11-24(22)35)13-29-37-25-7-5-17(31(39)40)12-26(25)38(29)16-20-9-10-41-20/h3*2-8,11-12,14-15,20H,9-10,13,16H2,1H3,(H,39,40)/t3*20-,32?/m000/s1. The molecule has 15 aromatic rings. The van der Waals surface area contributed by atoms with Gasteiger partial charge in [-0.25, -0.2) is 55.7 Å². The number of imidazole rings is 3. The minimum atomic E-state index is -1.29. The van der Waals surface area contributed by atoms with E-state index in [-0.39, 0.29) is 105 Å². The molecule has 9 aromatic carbocycles. The molecule has 3 unspecified atom stereocenters. The fourth-order valence-electron chi connectivity index (χ4n) is 16.4. The average molecular weight is 1810 g/mol. The summed E-state index contributed by atoms with van der Waals surface area (Å²) in [6.07, 6.45) is 6.72. The van der Waals surface area contributed by atoms with Crippen LogP contribution in [0, 0.1) is 34.9 Å². The second-order valence-corrected chi connectivity index (χ2v) is 33.3. The molecule has 0 amide bonds. The van der Waals surface area contributed by atoms with Gasteiger partial charge in [0, 0.05) is 112 Å². The molecule has 0 radical (unpaired) electrons. The van der Waals surface area contributed by atoms with E-state index >= 15 is 26.3 Å². The average Bonchev–Trinajstić information content (AvgIpc) is 1.62. The van der Waals surface area contributed by atoms with Crippen LogP contribution >= 0.6 is 34.8 Å². The number of carboxylic acids is 3. The molecule has 6 aliphatic heterocycles. The van der Waals surface area contributed by atoms with Crippen LogP contribution in [0.1, 0.15) is 122 Å². The van der Waals surface area contributed by atoms with E-state index in [9.17, 15) is 29.7 Å². The van der Waals surface area contributed by atoms with Crippen molar-refractivity contribution in [2.75, 3.05) is 19.8 Å². The van der Waals surface area contributed by atoms with Gasteiger partial charge in [0.05, 0.1) is 103 Å². The highest BCUT2D eigenvalue weighted by molar-refractivity contribution is 6.31. The predicted octanol–water partition coefficient (Wildman–Crippen LogP) is 20.3. The molecule has 3 N–H and O–H groups in total. The first-order valence-corrected chi connectivity index (χ1v) is 42.0. The van der Waals surface area contributed by atoms with Crippen molar-refractivity contribution in [3.63, 3.8) is 0 Å². The fraction of sp³-hybridized carbons (Fsp3) is 0.219. The van der Waals surface area contributed by atoms with Crippen LogP contribution in [0.3, 0.4) is 0 Å². The van der Waals surface area contributed by atoms with Gasteiger partial charge in [-0.2, -0.15) is 0 Å². The summed E-state index contributed by atoms with van der Waals surface area (Å²) >= 11 is 17.9. The fourth-order valence-corrected chi connectivity index (χ4v) is 16.7. The summed E-state index contributed by atoms with van der Waals surface area (Å²) in [7, 11) is 0. The minimum Gasteiger partial charge on any atom is -0.478 e. The Kier molecular flexibility index (Phi) is 22.3. The number of nitrogens with zero attached hydrogens (tertiary/aromatic N) is 9. The number of carboxylic acid groups (broad SMARTS) is 3. The second kappa shape index (κ2) is 33.9. The third kappa shape index (κ3) is 16.6. The smallest absolute Gasteiger partial charge is 0.335 e. The monoisotopic (exact) mass is 1810 g/mol. The molecular formula is C96H72Cl3F6N9O15. The summed E-state index contributed by atoms with van der Waals surface area (Å²) in [6, 6.07) is 45.8. The van der Waals surface area contributed by atoms with Crippen LogP contribution in [-0.2, 0) is 70.5 Å². The minimum absolute atomic E-state index is 0.0116. The van der Waals surface area contributed by atoms with Gasteiger partial charge in [0.25, 0.3) is 17.4 Å². The van der Waals surface area contributed by atoms with Gasteiger partial charge < -0.3 is 71.7 Å². The van der Waals surface area contributed by atoms with Crippen molar-refractivity contribution < 1.29 is 98.7 Å². The summed E-state index contributed by atoms with van der Waals surface area (Å²) in [6.45, 7) is 8.25. The summed E-state index contributed by atoms with van der Waals surface area (Å²) in [5.41, 5.74) is 6.53. The number of hydrogen-bond acceptors (Lipinski definition) is 18. The van der Waals surface area contributed by atoms with Crippen molar-refractivity contribution in [2.24, 2.45) is 0 Å². The van der Waals surface area contributed by atoms with E-state index in [1.54, 1.807) is 130 Å². The van der Waals surface area contributed by atoms with E-state index in [1.807, 2.05) is 13.7 Å². The number of rotatable bonds is 21. The molecule has 0 aliphatic carbocycles. The van der Waals surface area contributed by atoms with E-state index in [4.69, 9.17) is 77.4 Å². The molecule has 129 heavy (non-hydrogen) atoms. The molecule has 0 saturated carbocycles. The number of pyridine rings is 3. The highest BCUT2D eigenvalue weighted by Gasteiger charge is 2.45. The molecule has 12 heterocycles. The van der Waals surface area contributed by atoms with Crippen molar-refractivity contribution in [2.45, 2.75) is 115 Å². The van der Waals surface area contributed by atoms with E-state index < -0.39 is 70.2 Å². The Balaban J connectivity index is 0.000000126. The van der Waals surface area contributed by atoms with Gasteiger partial charge in [0.15, 0.2) is 34.5 Å². The molecule has 21 rings (SSSR count). The predicted molar refractivity (Wildman–Crippen MR) is 461 cm³/mol. The lowest BCUT2D eigenvalue weighted by molar-refractivity contribution is -0.0719. The van der Waals surface area contributed by atoms with Gasteiger partial charge in [-0.05, 0) is 182 Å². The number of carbonyl (C=O) groups is 3. The van der Waals surface area contributed by atoms with Gasteiger partial charge in [-0.3, -0.25) is 15.0 Å². The van der Waals surface area contributed by atoms with E-state index in [0.717, 1.165) is 55.7 Å². The normalized spacial score (nSPS) is 19.0. The molecule has 6 aromatic heterocycles. The maximum absolute atomic E-state index is 15.8. The maximum Gasteiger partial charge on any atom is 0.335 e. The first-order chi connectivity index (χ1) is 62.0. The van der Waals surface area contributed by atoms with E-state index in [0.29, 0.717) is 156 Å². The number of para-hydroxylation sites is 3. The first kappa shape index (κ1) is 84.8. The molecule has 0 bridgehead atoms. The summed E-state index contributed by atoms with van der Waals surface area (Å²) in [5.74, 6) is -7.55. The number of benzene rings is 9. The summed E-state index contributed by atoms with van der Waals surface area (Å²) < 4.78 is 153. The number of halogens is 9. The highest BCUT2D eigenvalue weighted by Crippen LogP contribution is 2.53. The van der Waals surface area contributed by atoms with Gasteiger partial charge >= 0.3 is 17.9 Å². The third-order valence-corrected chi connectivity index (χ3v) is 24.1. The lowest BCUT2D eigenvalue weighted by Crippen LogP contribution is -2.32. The molecule has 3 saturated heterocycles. The van der Waals surface area contributed by atoms with Crippen LogP contribution in [-0.4, -0.2) is 115 Å². The number of ether oxygens (including phenoxy) is 9. The van der Waals surface area contributed by atoms with Gasteiger partial charge in [-0.15, -0.1) is 0 Å². The Hall–Kier alpha value is -13.6. The van der Waals surface area contributed by atoms with Crippen molar-refractivity contribution in [1.82, 2.24) is 43.6 Å². The lowest BCUT2D eigenvalue weighted by Gasteiger charge is -2.27. The van der Waals surface area contributed by atoms with Crippen LogP contribution in [0.25, 0.3) is 66.5 Å². The zero-order valence-electron chi connectivity index (χ0n) is 68.4. The number of fused-ring (bicyclic) bond motifs is 6. The third-order valence-electron chi connectivity index (χ3n) is 23.4. The van der Waals surface area contributed by atoms with Crippen molar-refractivity contribution in [3.8, 4) is 67.9 Å². The van der Waals surface area contributed by atoms with Crippen LogP contribution in [0.2, 0.25) is 15.1 Å². The quantitative estimate of drug-likeness (QED) is 0.0563. The zero-order valence-corrected chi connectivity index (χ0v) is 70.7. The highest BCUT2D eigenvalue weighted by atomic mass is 35.5. The van der Waals surface area contributed by atoms with Crippen LogP contribution < -0.4 is 28.4 Å². The van der Waals surface area contributed by atoms with Gasteiger partial charge in [0.2, 0.25) is 0 Å². The molecule has 654 valence electrons. The topological polar surface area (TPSA) is 287 Å². The number of hydrogen-bond donors (Lipinski definition) is 3. The summed E-state index contributed by atoms with van der Waals surface area (Å²) in [5, 5.41) is 29.8. The van der Waals surface area contributed by atoms with Crippen molar-refractivity contribution in [3.05, 3.63) is 318 Å². The Morgan fingerprint density at radius 2 is 0.643 bits per heavy atom. The van der Waals surface area contributed by atoms with E-state index in [1.165, 1.54) is 55.0 Å². The number of aromatic carboxylic acids is 3. The molecule has 6 aliphatic rings. The molecule has 24 nitrogen and oxygen atoms in total. The van der Waals surface area contributed by atoms with Gasteiger partial charge in [-0.1, -0.05) is 71.2 Å². The van der Waals surface area contributed by atoms with E-state index in [2.05, 4.69) is 29.9 Å². The maximum atomic E-state index is 15.8. The van der Waals surface area contributed by atoms with Crippen molar-refractivity contribution in [1.29, 1.82) is 0 Å². The molecule has 3 fully saturated rings. The first-order valence-electron chi connectivity index (χ1n) is 40.9. The molecule has 6 atom stereocenters. The Morgan fingerprint density at radius 3 is 0.884 bits per heavy atom. The molecular weight excluding hydrogens is 1740 g/mol. The number of aromatic nitrogens is 9. The van der Waals surface area contributed by atoms with Crippen molar-refractivity contribution >= 4 is 85.8 Å². The van der Waals surface area contributed by atoms with Gasteiger partial charge in [0.1, 0.15) is 69.5 Å². The second-order valence-electron chi connectivity index (χ2n) is 32.0. The molecule has 0 spiro atoms.